The van der Waals surface area contributed by atoms with Crippen LogP contribution in [0.25, 0.3) is 11.2 Å². The molecule has 27 heavy (non-hydrogen) atoms. The molecule has 1 aliphatic heterocycles. The van der Waals surface area contributed by atoms with E-state index in [2.05, 4.69) is 28.8 Å². The lowest BCUT2D eigenvalue weighted by Gasteiger charge is -2.16. The van der Waals surface area contributed by atoms with Crippen molar-refractivity contribution in [3.05, 3.63) is 54.2 Å². The molecule has 1 N–H and O–H groups in total. The molecule has 1 fully saturated rings. The Hall–Kier alpha value is -2.80. The molecule has 3 aromatic rings. The van der Waals surface area contributed by atoms with Crippen LogP contribution < -0.4 is 0 Å². The van der Waals surface area contributed by atoms with E-state index >= 15 is 0 Å². The lowest BCUT2D eigenvalue weighted by Crippen LogP contribution is -2.29. The van der Waals surface area contributed by atoms with Gasteiger partial charge in [0.2, 0.25) is 0 Å². The molecular weight excluding hydrogens is 342 g/mol. The lowest BCUT2D eigenvalue weighted by molar-refractivity contribution is 0.0764. The maximum Gasteiger partial charge on any atom is 0.255 e. The summed E-state index contributed by atoms with van der Waals surface area (Å²) in [4.78, 5) is 27.7. The van der Waals surface area contributed by atoms with E-state index in [1.54, 1.807) is 29.7 Å². The molecule has 1 aliphatic rings. The van der Waals surface area contributed by atoms with Crippen LogP contribution in [0.4, 0.5) is 0 Å². The summed E-state index contributed by atoms with van der Waals surface area (Å²) >= 11 is 0. The van der Waals surface area contributed by atoms with Gasteiger partial charge in [0.15, 0.2) is 5.65 Å². The number of pyridine rings is 2. The van der Waals surface area contributed by atoms with E-state index in [-0.39, 0.29) is 17.9 Å². The van der Waals surface area contributed by atoms with Crippen molar-refractivity contribution in [3.8, 4) is 0 Å². The highest BCUT2D eigenvalue weighted by Crippen LogP contribution is 2.23. The van der Waals surface area contributed by atoms with Crippen molar-refractivity contribution < 1.29 is 9.90 Å². The Morgan fingerprint density at radius 3 is 2.85 bits per heavy atom. The van der Waals surface area contributed by atoms with Crippen LogP contribution >= 0.6 is 0 Å². The quantitative estimate of drug-likeness (QED) is 0.765. The van der Waals surface area contributed by atoms with Gasteiger partial charge in [-0.3, -0.25) is 9.78 Å². The van der Waals surface area contributed by atoms with Crippen molar-refractivity contribution in [2.24, 2.45) is 5.92 Å². The number of imidazole rings is 1. The van der Waals surface area contributed by atoms with Crippen LogP contribution in [0.1, 0.15) is 35.9 Å². The lowest BCUT2D eigenvalue weighted by atomic mass is 10.00. The first kappa shape index (κ1) is 17.6. The molecular formula is C20H23N5O2. The van der Waals surface area contributed by atoms with Crippen LogP contribution in [0.2, 0.25) is 0 Å². The number of nitrogens with zero attached hydrogens (tertiary/aromatic N) is 5. The Labute approximate surface area is 157 Å². The second-order valence-corrected chi connectivity index (χ2v) is 7.38. The standard InChI is InChI=1S/C20H23N5O2/c1-13(2)25-12-23-17-8-14(9-22-19(17)25)20(27)24-10-15(18(26)11-24)7-16-5-3-4-6-21-16/h3-6,8-9,12-13,15,18,26H,7,10-11H2,1-2H3/t15-,18-/m1/s1. The number of aliphatic hydroxyl groups is 1. The fourth-order valence-corrected chi connectivity index (χ4v) is 3.60. The van der Waals surface area contributed by atoms with Gasteiger partial charge >= 0.3 is 0 Å². The number of hydrogen-bond acceptors (Lipinski definition) is 5. The average Bonchev–Trinajstić information content (AvgIpc) is 3.25. The fraction of sp³-hybridized carbons (Fsp3) is 0.400. The number of aromatic nitrogens is 4. The number of carbonyl (C=O) groups is 1. The Morgan fingerprint density at radius 2 is 2.11 bits per heavy atom. The van der Waals surface area contributed by atoms with Gasteiger partial charge < -0.3 is 14.6 Å². The van der Waals surface area contributed by atoms with Crippen LogP contribution in [0.15, 0.2) is 43.0 Å². The van der Waals surface area contributed by atoms with E-state index in [9.17, 15) is 9.90 Å². The maximum atomic E-state index is 12.9. The van der Waals surface area contributed by atoms with Gasteiger partial charge in [0, 0.05) is 43.1 Å². The fourth-order valence-electron chi connectivity index (χ4n) is 3.60. The topological polar surface area (TPSA) is 84.1 Å². The van der Waals surface area contributed by atoms with Gasteiger partial charge in [-0.15, -0.1) is 0 Å². The zero-order chi connectivity index (χ0) is 19.0. The summed E-state index contributed by atoms with van der Waals surface area (Å²) in [6.45, 7) is 4.97. The van der Waals surface area contributed by atoms with Gasteiger partial charge in [-0.25, -0.2) is 9.97 Å². The summed E-state index contributed by atoms with van der Waals surface area (Å²) in [7, 11) is 0. The summed E-state index contributed by atoms with van der Waals surface area (Å²) in [6, 6.07) is 7.78. The number of rotatable bonds is 4. The number of aliphatic hydroxyl groups excluding tert-OH is 1. The smallest absolute Gasteiger partial charge is 0.255 e. The number of likely N-dealkylation sites (tertiary alicyclic amines) is 1. The second-order valence-electron chi connectivity index (χ2n) is 7.38. The molecule has 1 saturated heterocycles. The van der Waals surface area contributed by atoms with E-state index in [4.69, 9.17) is 0 Å². The van der Waals surface area contributed by atoms with Gasteiger partial charge in [-0.2, -0.15) is 0 Å². The molecule has 7 nitrogen and oxygen atoms in total. The number of β-amino-alcohol motifs (C(OH)–C–C–N with tert-alkyl or cyclic N) is 1. The Bertz CT molecular complexity index is 953. The van der Waals surface area contributed by atoms with Gasteiger partial charge in [0.05, 0.1) is 18.0 Å². The third-order valence-corrected chi connectivity index (χ3v) is 5.11. The van der Waals surface area contributed by atoms with Crippen molar-refractivity contribution in [1.29, 1.82) is 0 Å². The highest BCUT2D eigenvalue weighted by Gasteiger charge is 2.34. The summed E-state index contributed by atoms with van der Waals surface area (Å²) in [6.07, 6.45) is 5.20. The van der Waals surface area contributed by atoms with E-state index < -0.39 is 6.10 Å². The van der Waals surface area contributed by atoms with Crippen LogP contribution in [-0.2, 0) is 6.42 Å². The molecule has 3 aromatic heterocycles. The predicted octanol–water partition coefficient (Wildman–Crippen LogP) is 2.08. The zero-order valence-electron chi connectivity index (χ0n) is 15.5. The van der Waals surface area contributed by atoms with Crippen LogP contribution in [0, 0.1) is 5.92 Å². The predicted molar refractivity (Wildman–Crippen MR) is 101 cm³/mol. The number of hydrogen-bond donors (Lipinski definition) is 1. The van der Waals surface area contributed by atoms with Crippen LogP contribution in [0.5, 0.6) is 0 Å². The van der Waals surface area contributed by atoms with Gasteiger partial charge in [-0.1, -0.05) is 6.07 Å². The molecule has 0 saturated carbocycles. The minimum Gasteiger partial charge on any atom is -0.391 e. The third-order valence-electron chi connectivity index (χ3n) is 5.11. The van der Waals surface area contributed by atoms with E-state index in [1.165, 1.54) is 0 Å². The third kappa shape index (κ3) is 3.42. The molecule has 140 valence electrons. The Balaban J connectivity index is 1.50. The summed E-state index contributed by atoms with van der Waals surface area (Å²) in [5, 5.41) is 10.4. The number of carbonyl (C=O) groups excluding carboxylic acids is 1. The van der Waals surface area contributed by atoms with Gasteiger partial charge in [0.25, 0.3) is 5.91 Å². The molecule has 0 unspecified atom stereocenters. The van der Waals surface area contributed by atoms with Crippen molar-refractivity contribution in [1.82, 2.24) is 24.4 Å². The van der Waals surface area contributed by atoms with Crippen molar-refractivity contribution >= 4 is 17.1 Å². The number of fused-ring (bicyclic) bond motifs is 1. The minimum absolute atomic E-state index is 0.0133. The molecule has 0 radical (unpaired) electrons. The van der Waals surface area contributed by atoms with Crippen molar-refractivity contribution in [3.63, 3.8) is 0 Å². The van der Waals surface area contributed by atoms with Gasteiger partial charge in [-0.05, 0) is 38.5 Å². The van der Waals surface area contributed by atoms with Crippen LogP contribution in [0.3, 0.4) is 0 Å². The van der Waals surface area contributed by atoms with Crippen LogP contribution in [-0.4, -0.2) is 54.6 Å². The van der Waals surface area contributed by atoms with E-state index in [1.807, 2.05) is 22.8 Å². The first-order chi connectivity index (χ1) is 13.0. The monoisotopic (exact) mass is 365 g/mol. The van der Waals surface area contributed by atoms with E-state index in [0.717, 1.165) is 11.3 Å². The minimum atomic E-state index is -0.548. The Kier molecular flexibility index (Phi) is 4.61. The molecule has 0 aromatic carbocycles. The number of amides is 1. The van der Waals surface area contributed by atoms with Crippen molar-refractivity contribution in [2.75, 3.05) is 13.1 Å². The summed E-state index contributed by atoms with van der Waals surface area (Å²) < 4.78 is 1.98. The molecule has 2 atom stereocenters. The SMILES string of the molecule is CC(C)n1cnc2cc(C(=O)N3C[C@@H](Cc4ccccn4)[C@H](O)C3)cnc21. The highest BCUT2D eigenvalue weighted by atomic mass is 16.3. The van der Waals surface area contributed by atoms with Gasteiger partial charge in [0.1, 0.15) is 5.52 Å². The average molecular weight is 365 g/mol. The molecule has 0 spiro atoms. The maximum absolute atomic E-state index is 12.9. The molecule has 7 heteroatoms. The molecule has 4 rings (SSSR count). The molecule has 0 aliphatic carbocycles. The largest absolute Gasteiger partial charge is 0.391 e. The summed E-state index contributed by atoms with van der Waals surface area (Å²) in [5.74, 6) is -0.133. The molecule has 1 amide bonds. The normalized spacial score (nSPS) is 19.9. The van der Waals surface area contributed by atoms with E-state index in [0.29, 0.717) is 30.6 Å². The second kappa shape index (κ2) is 7.08. The zero-order valence-corrected chi connectivity index (χ0v) is 15.5. The Morgan fingerprint density at radius 1 is 1.26 bits per heavy atom. The first-order valence-corrected chi connectivity index (χ1v) is 9.22. The highest BCUT2D eigenvalue weighted by molar-refractivity contribution is 5.96. The summed E-state index contributed by atoms with van der Waals surface area (Å²) in [5.41, 5.74) is 2.91. The molecule has 0 bridgehead atoms. The molecule has 4 heterocycles. The first-order valence-electron chi connectivity index (χ1n) is 9.22. The van der Waals surface area contributed by atoms with Crippen molar-refractivity contribution in [2.45, 2.75) is 32.4 Å².